The summed E-state index contributed by atoms with van der Waals surface area (Å²) in [7, 11) is 1.68. The van der Waals surface area contributed by atoms with Crippen molar-refractivity contribution in [2.75, 3.05) is 19.7 Å². The highest BCUT2D eigenvalue weighted by Crippen LogP contribution is 2.31. The molecule has 0 aliphatic carbocycles. The van der Waals surface area contributed by atoms with Crippen molar-refractivity contribution in [1.82, 2.24) is 4.90 Å². The smallest absolute Gasteiger partial charge is 0.409 e. The Hall–Kier alpha value is -0.790. The third-order valence-electron chi connectivity index (χ3n) is 2.90. The summed E-state index contributed by atoms with van der Waals surface area (Å²) in [5.74, 6) is 0. The van der Waals surface area contributed by atoms with Gasteiger partial charge in [-0.25, -0.2) is 13.2 Å². The van der Waals surface area contributed by atoms with E-state index in [-0.39, 0.29) is 10.3 Å². The Morgan fingerprint density at radius 2 is 2.16 bits per heavy atom. The third kappa shape index (κ3) is 3.40. The molecule has 0 atom stereocenters. The lowest BCUT2D eigenvalue weighted by Gasteiger charge is -2.19. The van der Waals surface area contributed by atoms with Gasteiger partial charge in [-0.15, -0.1) is 11.3 Å². The zero-order valence-corrected chi connectivity index (χ0v) is 12.8. The molecule has 1 aliphatic heterocycles. The second-order valence-electron chi connectivity index (χ2n) is 4.14. The zero-order valence-electron chi connectivity index (χ0n) is 10.4. The summed E-state index contributed by atoms with van der Waals surface area (Å²) in [6.45, 7) is 3.19. The van der Waals surface area contributed by atoms with Crippen molar-refractivity contribution in [3.8, 4) is 0 Å². The van der Waals surface area contributed by atoms with Gasteiger partial charge in [-0.05, 0) is 31.4 Å². The van der Waals surface area contributed by atoms with Crippen LogP contribution in [0.3, 0.4) is 0 Å². The minimum Gasteiger partial charge on any atom is -0.450 e. The van der Waals surface area contributed by atoms with Crippen LogP contribution in [0.5, 0.6) is 0 Å². The van der Waals surface area contributed by atoms with Crippen LogP contribution in [0.15, 0.2) is 10.3 Å². The molecule has 1 aromatic heterocycles. The molecule has 8 heteroatoms. The van der Waals surface area contributed by atoms with E-state index < -0.39 is 9.05 Å². The topological polar surface area (TPSA) is 63.7 Å². The van der Waals surface area contributed by atoms with E-state index >= 15 is 0 Å². The number of fused-ring (bicyclic) bond motifs is 1. The van der Waals surface area contributed by atoms with E-state index in [0.29, 0.717) is 32.5 Å². The second-order valence-corrected chi connectivity index (χ2v) is 8.07. The van der Waals surface area contributed by atoms with Crippen molar-refractivity contribution in [3.05, 3.63) is 16.5 Å². The normalized spacial score (nSPS) is 15.8. The van der Waals surface area contributed by atoms with Gasteiger partial charge in [-0.2, -0.15) is 0 Å². The number of ether oxygens (including phenoxy) is 1. The summed E-state index contributed by atoms with van der Waals surface area (Å²) < 4.78 is 27.7. The fourth-order valence-corrected chi connectivity index (χ4v) is 4.31. The molecule has 0 radical (unpaired) electrons. The molecule has 0 N–H and O–H groups in total. The van der Waals surface area contributed by atoms with E-state index in [4.69, 9.17) is 15.4 Å². The molecule has 1 amide bonds. The Labute approximate surface area is 120 Å². The molecule has 1 aliphatic rings. The Morgan fingerprint density at radius 3 is 2.79 bits per heavy atom. The maximum absolute atomic E-state index is 11.6. The van der Waals surface area contributed by atoms with E-state index in [1.807, 2.05) is 0 Å². The summed E-state index contributed by atoms with van der Waals surface area (Å²) in [6, 6.07) is 1.61. The Bertz CT molecular complexity index is 556. The van der Waals surface area contributed by atoms with Gasteiger partial charge in [-0.3, -0.25) is 0 Å². The number of amides is 1. The van der Waals surface area contributed by atoms with Gasteiger partial charge in [0.15, 0.2) is 0 Å². The van der Waals surface area contributed by atoms with Gasteiger partial charge in [0.2, 0.25) is 0 Å². The number of carbonyl (C=O) groups is 1. The molecular formula is C11H14ClNO4S2. The standard InChI is InChI=1S/C11H14ClNO4S2/c1-2-17-11(14)13-5-3-8-7-10(19(12,15)16)18-9(8)4-6-13/h7H,2-6H2,1H3. The van der Waals surface area contributed by atoms with Crippen LogP contribution < -0.4 is 0 Å². The highest BCUT2D eigenvalue weighted by molar-refractivity contribution is 8.15. The number of nitrogens with zero attached hydrogens (tertiary/aromatic N) is 1. The first-order valence-electron chi connectivity index (χ1n) is 5.89. The van der Waals surface area contributed by atoms with E-state index in [1.54, 1.807) is 17.9 Å². The number of carbonyl (C=O) groups excluding carboxylic acids is 1. The molecule has 2 heterocycles. The van der Waals surface area contributed by atoms with Crippen molar-refractivity contribution in [3.63, 3.8) is 0 Å². The first-order valence-corrected chi connectivity index (χ1v) is 9.02. The maximum atomic E-state index is 11.6. The number of halogens is 1. The van der Waals surface area contributed by atoms with Crippen LogP contribution in [-0.4, -0.2) is 39.1 Å². The number of hydrogen-bond donors (Lipinski definition) is 0. The zero-order chi connectivity index (χ0) is 14.0. The van der Waals surface area contributed by atoms with Crippen LogP contribution in [0.25, 0.3) is 0 Å². The summed E-state index contributed by atoms with van der Waals surface area (Å²) >= 11 is 1.18. The molecule has 2 rings (SSSR count). The monoisotopic (exact) mass is 323 g/mol. The van der Waals surface area contributed by atoms with E-state index in [1.165, 1.54) is 11.3 Å². The van der Waals surface area contributed by atoms with E-state index in [2.05, 4.69) is 0 Å². The van der Waals surface area contributed by atoms with E-state index in [9.17, 15) is 13.2 Å². The maximum Gasteiger partial charge on any atom is 0.409 e. The Kier molecular flexibility index (Phi) is 4.37. The summed E-state index contributed by atoms with van der Waals surface area (Å²) in [4.78, 5) is 14.3. The number of rotatable bonds is 2. The molecule has 106 valence electrons. The quantitative estimate of drug-likeness (QED) is 0.783. The Balaban J connectivity index is 2.13. The lowest BCUT2D eigenvalue weighted by molar-refractivity contribution is 0.109. The van der Waals surface area contributed by atoms with Gasteiger partial charge in [0.1, 0.15) is 4.21 Å². The highest BCUT2D eigenvalue weighted by atomic mass is 35.7. The number of thiophene rings is 1. The van der Waals surface area contributed by atoms with Crippen LogP contribution >= 0.6 is 22.0 Å². The van der Waals surface area contributed by atoms with Gasteiger partial charge in [0.25, 0.3) is 9.05 Å². The molecule has 0 unspecified atom stereocenters. The van der Waals surface area contributed by atoms with Crippen LogP contribution in [0.2, 0.25) is 0 Å². The predicted octanol–water partition coefficient (Wildman–Crippen LogP) is 2.23. The van der Waals surface area contributed by atoms with Crippen molar-refractivity contribution in [2.45, 2.75) is 24.0 Å². The van der Waals surface area contributed by atoms with Crippen molar-refractivity contribution in [2.24, 2.45) is 0 Å². The molecule has 19 heavy (non-hydrogen) atoms. The largest absolute Gasteiger partial charge is 0.450 e. The minimum absolute atomic E-state index is 0.184. The molecular weight excluding hydrogens is 310 g/mol. The van der Waals surface area contributed by atoms with Gasteiger partial charge < -0.3 is 9.64 Å². The molecule has 0 bridgehead atoms. The van der Waals surface area contributed by atoms with Crippen LogP contribution in [0, 0.1) is 0 Å². The molecule has 5 nitrogen and oxygen atoms in total. The summed E-state index contributed by atoms with van der Waals surface area (Å²) in [6.07, 6.45) is 0.935. The summed E-state index contributed by atoms with van der Waals surface area (Å²) in [5, 5.41) is 0. The number of hydrogen-bond acceptors (Lipinski definition) is 5. The minimum atomic E-state index is -3.66. The average molecular weight is 324 g/mol. The molecule has 0 spiro atoms. The fraction of sp³-hybridized carbons (Fsp3) is 0.545. The predicted molar refractivity (Wildman–Crippen MR) is 73.4 cm³/mol. The van der Waals surface area contributed by atoms with Gasteiger partial charge in [0.05, 0.1) is 6.61 Å². The third-order valence-corrected chi connectivity index (χ3v) is 6.21. The molecule has 0 saturated carbocycles. The lowest BCUT2D eigenvalue weighted by Crippen LogP contribution is -2.33. The van der Waals surface area contributed by atoms with Gasteiger partial charge in [-0.1, -0.05) is 0 Å². The lowest BCUT2D eigenvalue weighted by atomic mass is 10.2. The van der Waals surface area contributed by atoms with Crippen LogP contribution in [0.4, 0.5) is 4.79 Å². The SMILES string of the molecule is CCOC(=O)N1CCc2cc(S(=O)(=O)Cl)sc2CC1. The van der Waals surface area contributed by atoms with Crippen molar-refractivity contribution in [1.29, 1.82) is 0 Å². The first-order chi connectivity index (χ1) is 8.91. The highest BCUT2D eigenvalue weighted by Gasteiger charge is 2.23. The first kappa shape index (κ1) is 14.6. The Morgan fingerprint density at radius 1 is 1.47 bits per heavy atom. The second kappa shape index (κ2) is 5.68. The average Bonchev–Trinajstić information content (AvgIpc) is 2.63. The van der Waals surface area contributed by atoms with Crippen LogP contribution in [-0.2, 0) is 26.6 Å². The van der Waals surface area contributed by atoms with E-state index in [0.717, 1.165) is 10.4 Å². The summed E-state index contributed by atoms with van der Waals surface area (Å²) in [5.41, 5.74) is 0.955. The van der Waals surface area contributed by atoms with Crippen molar-refractivity contribution >= 4 is 37.2 Å². The van der Waals surface area contributed by atoms with Gasteiger partial charge in [0, 0.05) is 28.6 Å². The molecule has 1 aromatic rings. The molecule has 0 aromatic carbocycles. The molecule has 0 saturated heterocycles. The van der Waals surface area contributed by atoms with Crippen molar-refractivity contribution < 1.29 is 17.9 Å². The van der Waals surface area contributed by atoms with Crippen LogP contribution in [0.1, 0.15) is 17.4 Å². The fourth-order valence-electron chi connectivity index (χ4n) is 1.98. The molecule has 0 fully saturated rings. The van der Waals surface area contributed by atoms with Gasteiger partial charge >= 0.3 is 6.09 Å².